The van der Waals surface area contributed by atoms with Crippen LogP contribution in [0, 0.1) is 0 Å². The van der Waals surface area contributed by atoms with Gasteiger partial charge < -0.3 is 14.8 Å². The summed E-state index contributed by atoms with van der Waals surface area (Å²) in [6, 6.07) is 10.5. The average Bonchev–Trinajstić information content (AvgIpc) is 3.15. The predicted molar refractivity (Wildman–Crippen MR) is 112 cm³/mol. The van der Waals surface area contributed by atoms with Crippen molar-refractivity contribution in [2.75, 3.05) is 5.32 Å². The molecule has 3 rings (SSSR count). The van der Waals surface area contributed by atoms with Crippen molar-refractivity contribution in [2.24, 2.45) is 0 Å². The molecular weight excluding hydrogens is 408 g/mol. The second kappa shape index (κ2) is 8.96. The van der Waals surface area contributed by atoms with E-state index in [1.807, 2.05) is 12.1 Å². The summed E-state index contributed by atoms with van der Waals surface area (Å²) in [7, 11) is 0. The van der Waals surface area contributed by atoms with E-state index in [4.69, 9.17) is 21.1 Å². The van der Waals surface area contributed by atoms with Crippen LogP contribution >= 0.6 is 11.6 Å². The zero-order valence-corrected chi connectivity index (χ0v) is 17.5. The molecule has 0 fully saturated rings. The lowest BCUT2D eigenvalue weighted by atomic mass is 10.2. The number of amides is 1. The van der Waals surface area contributed by atoms with Crippen LogP contribution in [0.2, 0.25) is 5.02 Å². The molecule has 0 bridgehead atoms. The second-order valence-corrected chi connectivity index (χ2v) is 7.78. The number of nitrogens with one attached hydrogen (secondary N) is 1. The Morgan fingerprint density at radius 1 is 1.20 bits per heavy atom. The fourth-order valence-corrected chi connectivity index (χ4v) is 2.59. The van der Waals surface area contributed by atoms with E-state index in [0.717, 1.165) is 10.2 Å². The summed E-state index contributed by atoms with van der Waals surface area (Å²) in [5.74, 6) is 0.106. The van der Waals surface area contributed by atoms with Gasteiger partial charge in [-0.2, -0.15) is 9.78 Å². The lowest BCUT2D eigenvalue weighted by Crippen LogP contribution is -2.27. The van der Waals surface area contributed by atoms with Gasteiger partial charge in [-0.3, -0.25) is 9.78 Å². The van der Waals surface area contributed by atoms with E-state index in [1.165, 1.54) is 18.6 Å². The lowest BCUT2D eigenvalue weighted by Gasteiger charge is -2.18. The molecule has 0 atom stereocenters. The fraction of sp³-hybridized carbons (Fsp3) is 0.238. The molecule has 3 aromatic rings. The molecule has 0 aliphatic heterocycles. The van der Waals surface area contributed by atoms with Gasteiger partial charge in [-0.1, -0.05) is 23.7 Å². The van der Waals surface area contributed by atoms with Crippen LogP contribution in [0.15, 0.2) is 55.0 Å². The van der Waals surface area contributed by atoms with Gasteiger partial charge in [0.1, 0.15) is 23.7 Å². The third-order valence-electron chi connectivity index (χ3n) is 3.71. The standard InChI is InChI=1S/C21H21ClN4O4/c1-21(2,3)30-20(28)26-12-15(11-24-26)25-19(27)17-10-14(8-9-23-17)13-29-18-7-5-4-6-16(18)22/h4-12H,13H2,1-3H3,(H,25,27). The molecule has 0 saturated carbocycles. The highest BCUT2D eigenvalue weighted by Crippen LogP contribution is 2.24. The van der Waals surface area contributed by atoms with Crippen LogP contribution in [0.1, 0.15) is 36.8 Å². The first-order valence-electron chi connectivity index (χ1n) is 9.13. The van der Waals surface area contributed by atoms with Gasteiger partial charge in [-0.05, 0) is 50.6 Å². The van der Waals surface area contributed by atoms with Gasteiger partial charge in [-0.15, -0.1) is 0 Å². The number of pyridine rings is 1. The number of carbonyl (C=O) groups excluding carboxylic acids is 2. The quantitative estimate of drug-likeness (QED) is 0.640. The number of para-hydroxylation sites is 1. The monoisotopic (exact) mass is 428 g/mol. The smallest absolute Gasteiger partial charge is 0.435 e. The summed E-state index contributed by atoms with van der Waals surface area (Å²) in [6.07, 6.45) is 3.60. The zero-order chi connectivity index (χ0) is 21.7. The molecule has 8 nitrogen and oxygen atoms in total. The Morgan fingerprint density at radius 2 is 1.97 bits per heavy atom. The minimum atomic E-state index is -0.650. The molecule has 1 aromatic carbocycles. The van der Waals surface area contributed by atoms with Crippen molar-refractivity contribution in [1.29, 1.82) is 0 Å². The Labute approximate surface area is 178 Å². The van der Waals surface area contributed by atoms with Gasteiger partial charge in [0.15, 0.2) is 0 Å². The highest BCUT2D eigenvalue weighted by atomic mass is 35.5. The highest BCUT2D eigenvalue weighted by Gasteiger charge is 2.19. The van der Waals surface area contributed by atoms with E-state index >= 15 is 0 Å². The molecular formula is C21H21ClN4O4. The molecule has 0 aliphatic carbocycles. The first-order valence-corrected chi connectivity index (χ1v) is 9.51. The number of anilines is 1. The van der Waals surface area contributed by atoms with Crippen LogP contribution in [0.5, 0.6) is 5.75 Å². The molecule has 9 heteroatoms. The van der Waals surface area contributed by atoms with E-state index in [9.17, 15) is 9.59 Å². The highest BCUT2D eigenvalue weighted by molar-refractivity contribution is 6.32. The number of rotatable bonds is 5. The van der Waals surface area contributed by atoms with Crippen LogP contribution in [0.25, 0.3) is 0 Å². The molecule has 30 heavy (non-hydrogen) atoms. The molecule has 1 N–H and O–H groups in total. The van der Waals surface area contributed by atoms with Crippen molar-refractivity contribution in [1.82, 2.24) is 14.8 Å². The number of nitrogens with zero attached hydrogens (tertiary/aromatic N) is 3. The maximum atomic E-state index is 12.5. The zero-order valence-electron chi connectivity index (χ0n) is 16.8. The van der Waals surface area contributed by atoms with Crippen LogP contribution in [0.3, 0.4) is 0 Å². The summed E-state index contributed by atoms with van der Waals surface area (Å²) >= 11 is 6.08. The van der Waals surface area contributed by atoms with Crippen molar-refractivity contribution in [3.63, 3.8) is 0 Å². The normalized spacial score (nSPS) is 11.1. The topological polar surface area (TPSA) is 95.3 Å². The third kappa shape index (κ3) is 5.81. The number of carbonyl (C=O) groups is 2. The van der Waals surface area contributed by atoms with E-state index in [0.29, 0.717) is 16.5 Å². The van der Waals surface area contributed by atoms with Gasteiger partial charge in [-0.25, -0.2) is 4.79 Å². The molecule has 156 valence electrons. The van der Waals surface area contributed by atoms with Gasteiger partial charge >= 0.3 is 6.09 Å². The van der Waals surface area contributed by atoms with E-state index in [-0.39, 0.29) is 12.3 Å². The lowest BCUT2D eigenvalue weighted by molar-refractivity contribution is 0.0514. The first kappa shape index (κ1) is 21.3. The van der Waals surface area contributed by atoms with E-state index < -0.39 is 17.6 Å². The van der Waals surface area contributed by atoms with Gasteiger partial charge in [0.2, 0.25) is 0 Å². The summed E-state index contributed by atoms with van der Waals surface area (Å²) < 4.78 is 11.9. The van der Waals surface area contributed by atoms with E-state index in [1.54, 1.807) is 45.0 Å². The molecule has 2 aromatic heterocycles. The van der Waals surface area contributed by atoms with Crippen LogP contribution in [0.4, 0.5) is 10.5 Å². The summed E-state index contributed by atoms with van der Waals surface area (Å²) in [6.45, 7) is 5.49. The fourth-order valence-electron chi connectivity index (χ4n) is 2.40. The first-order chi connectivity index (χ1) is 14.2. The van der Waals surface area contributed by atoms with Crippen molar-refractivity contribution in [3.8, 4) is 5.75 Å². The van der Waals surface area contributed by atoms with Crippen LogP contribution in [-0.4, -0.2) is 32.4 Å². The SMILES string of the molecule is CC(C)(C)OC(=O)n1cc(NC(=O)c2cc(COc3ccccc3Cl)ccn2)cn1. The van der Waals surface area contributed by atoms with Crippen molar-refractivity contribution in [3.05, 3.63) is 71.3 Å². The largest absolute Gasteiger partial charge is 0.487 e. The van der Waals surface area contributed by atoms with Gasteiger partial charge in [0, 0.05) is 6.20 Å². The Morgan fingerprint density at radius 3 is 2.70 bits per heavy atom. The number of benzene rings is 1. The summed E-state index contributed by atoms with van der Waals surface area (Å²) in [4.78, 5) is 28.6. The molecule has 1 amide bonds. The number of hydrogen-bond acceptors (Lipinski definition) is 6. The Kier molecular flexibility index (Phi) is 6.37. The van der Waals surface area contributed by atoms with Crippen LogP contribution in [-0.2, 0) is 11.3 Å². The van der Waals surface area contributed by atoms with E-state index in [2.05, 4.69) is 15.4 Å². The Hall–Kier alpha value is -3.39. The molecule has 2 heterocycles. The Bertz CT molecular complexity index is 1060. The minimum Gasteiger partial charge on any atom is -0.487 e. The summed E-state index contributed by atoms with van der Waals surface area (Å²) in [5.41, 5.74) is 0.633. The number of halogens is 1. The summed E-state index contributed by atoms with van der Waals surface area (Å²) in [5, 5.41) is 7.07. The number of hydrogen-bond donors (Lipinski definition) is 1. The van der Waals surface area contributed by atoms with Crippen molar-refractivity contribution >= 4 is 29.3 Å². The predicted octanol–water partition coefficient (Wildman–Crippen LogP) is 4.55. The maximum absolute atomic E-state index is 12.5. The number of ether oxygens (including phenoxy) is 2. The van der Waals surface area contributed by atoms with Gasteiger partial charge in [0.25, 0.3) is 5.91 Å². The molecule has 0 radical (unpaired) electrons. The number of aromatic nitrogens is 3. The van der Waals surface area contributed by atoms with Crippen LogP contribution < -0.4 is 10.1 Å². The van der Waals surface area contributed by atoms with Crippen molar-refractivity contribution < 1.29 is 19.1 Å². The maximum Gasteiger partial charge on any atom is 0.435 e. The third-order valence-corrected chi connectivity index (χ3v) is 4.02. The molecule has 0 saturated heterocycles. The molecule has 0 aliphatic rings. The minimum absolute atomic E-state index is 0.195. The average molecular weight is 429 g/mol. The Balaban J connectivity index is 1.63. The molecule has 0 spiro atoms. The van der Waals surface area contributed by atoms with Gasteiger partial charge in [0.05, 0.1) is 23.1 Å². The second-order valence-electron chi connectivity index (χ2n) is 7.38. The van der Waals surface area contributed by atoms with Crippen molar-refractivity contribution in [2.45, 2.75) is 33.0 Å². The molecule has 0 unspecified atom stereocenters.